The van der Waals surface area contributed by atoms with Gasteiger partial charge in [0, 0.05) is 19.0 Å². The molecule has 31 heavy (non-hydrogen) atoms. The molecule has 162 valence electrons. The average Bonchev–Trinajstić information content (AvgIpc) is 2.98. The molecule has 0 saturated carbocycles. The maximum absolute atomic E-state index is 12.9. The zero-order chi connectivity index (χ0) is 22.7. The highest BCUT2D eigenvalue weighted by Gasteiger charge is 2.45. The van der Waals surface area contributed by atoms with Gasteiger partial charge in [0.25, 0.3) is 11.7 Å². The number of hydrogen-bond acceptors (Lipinski definition) is 6. The van der Waals surface area contributed by atoms with E-state index < -0.39 is 23.7 Å². The number of esters is 1. The summed E-state index contributed by atoms with van der Waals surface area (Å²) in [7, 11) is 1.55. The summed E-state index contributed by atoms with van der Waals surface area (Å²) in [4.78, 5) is 38.3. The molecule has 1 atom stereocenters. The van der Waals surface area contributed by atoms with E-state index in [9.17, 15) is 19.5 Å². The molecule has 0 bridgehead atoms. The molecular weight excluding hydrogens is 398 g/mol. The Balaban J connectivity index is 2.14. The van der Waals surface area contributed by atoms with Crippen LogP contribution < -0.4 is 9.47 Å². The maximum Gasteiger partial charge on any atom is 0.308 e. The van der Waals surface area contributed by atoms with Crippen molar-refractivity contribution in [1.82, 2.24) is 4.90 Å². The van der Waals surface area contributed by atoms with E-state index >= 15 is 0 Å². The topological polar surface area (TPSA) is 93.1 Å². The van der Waals surface area contributed by atoms with Crippen LogP contribution >= 0.6 is 0 Å². The fourth-order valence-electron chi connectivity index (χ4n) is 3.76. The first-order valence-corrected chi connectivity index (χ1v) is 10.00. The minimum Gasteiger partial charge on any atom is -0.507 e. The Bertz CT molecular complexity index is 1050. The van der Waals surface area contributed by atoms with Gasteiger partial charge in [0.2, 0.25) is 0 Å². The maximum atomic E-state index is 12.9. The second kappa shape index (κ2) is 9.04. The zero-order valence-corrected chi connectivity index (χ0v) is 18.0. The third-order valence-corrected chi connectivity index (χ3v) is 5.15. The van der Waals surface area contributed by atoms with Gasteiger partial charge < -0.3 is 19.5 Å². The van der Waals surface area contributed by atoms with E-state index in [0.29, 0.717) is 41.2 Å². The summed E-state index contributed by atoms with van der Waals surface area (Å²) in [5, 5.41) is 11.1. The van der Waals surface area contributed by atoms with Crippen LogP contribution in [0.3, 0.4) is 0 Å². The Morgan fingerprint density at radius 3 is 2.29 bits per heavy atom. The van der Waals surface area contributed by atoms with Gasteiger partial charge in [0.15, 0.2) is 0 Å². The smallest absolute Gasteiger partial charge is 0.308 e. The number of carbonyl (C=O) groups excluding carboxylic acids is 3. The normalized spacial score (nSPS) is 17.7. The molecule has 2 aromatic carbocycles. The number of ether oxygens (including phenoxy) is 2. The number of aryl methyl sites for hydroxylation is 1. The number of carbonyl (C=O) groups is 3. The lowest BCUT2D eigenvalue weighted by molar-refractivity contribution is -0.139. The minimum atomic E-state index is -0.743. The molecule has 7 heteroatoms. The lowest BCUT2D eigenvalue weighted by atomic mass is 9.94. The highest BCUT2D eigenvalue weighted by Crippen LogP contribution is 2.40. The summed E-state index contributed by atoms with van der Waals surface area (Å²) in [6, 6.07) is 10.9. The van der Waals surface area contributed by atoms with Crippen LogP contribution in [0.15, 0.2) is 48.0 Å². The Hall–Kier alpha value is -3.61. The van der Waals surface area contributed by atoms with Gasteiger partial charge in [0.05, 0.1) is 18.7 Å². The summed E-state index contributed by atoms with van der Waals surface area (Å²) in [5.41, 5.74) is 1.84. The lowest BCUT2D eigenvalue weighted by Gasteiger charge is -2.25. The number of aliphatic hydroxyl groups is 1. The van der Waals surface area contributed by atoms with Crippen LogP contribution in [0.5, 0.6) is 11.5 Å². The number of ketones is 1. The Labute approximate surface area is 180 Å². The average molecular weight is 423 g/mol. The number of methoxy groups -OCH3 is 1. The molecule has 1 heterocycles. The fraction of sp³-hybridized carbons (Fsp3) is 0.292. The molecule has 7 nitrogen and oxygen atoms in total. The third kappa shape index (κ3) is 4.30. The highest BCUT2D eigenvalue weighted by atomic mass is 16.5. The number of aliphatic hydroxyl groups excluding tert-OH is 1. The molecule has 3 rings (SSSR count). The van der Waals surface area contributed by atoms with E-state index in [4.69, 9.17) is 9.47 Å². The van der Waals surface area contributed by atoms with E-state index in [2.05, 4.69) is 0 Å². The van der Waals surface area contributed by atoms with Crippen LogP contribution in [0.4, 0.5) is 0 Å². The number of rotatable bonds is 6. The quantitative estimate of drug-likeness (QED) is 0.250. The van der Waals surface area contributed by atoms with Crippen molar-refractivity contribution < 1.29 is 29.0 Å². The predicted octanol–water partition coefficient (Wildman–Crippen LogP) is 3.76. The molecular formula is C24H25NO6. The Morgan fingerprint density at radius 1 is 1.10 bits per heavy atom. The first-order valence-electron chi connectivity index (χ1n) is 10.00. The van der Waals surface area contributed by atoms with Crippen molar-refractivity contribution in [1.29, 1.82) is 0 Å². The van der Waals surface area contributed by atoms with E-state index in [1.165, 1.54) is 11.8 Å². The monoisotopic (exact) mass is 423 g/mol. The van der Waals surface area contributed by atoms with Gasteiger partial charge in [-0.2, -0.15) is 0 Å². The van der Waals surface area contributed by atoms with Crippen molar-refractivity contribution in [3.05, 3.63) is 64.7 Å². The summed E-state index contributed by atoms with van der Waals surface area (Å²) in [5.74, 6) is -1.07. The van der Waals surface area contributed by atoms with Crippen LogP contribution in [0.1, 0.15) is 43.0 Å². The lowest BCUT2D eigenvalue weighted by Crippen LogP contribution is -2.30. The van der Waals surface area contributed by atoms with Crippen LogP contribution in [0, 0.1) is 6.92 Å². The molecule has 1 amide bonds. The van der Waals surface area contributed by atoms with Crippen molar-refractivity contribution in [3.8, 4) is 11.5 Å². The molecule has 0 aromatic heterocycles. The molecule has 1 N–H and O–H groups in total. The van der Waals surface area contributed by atoms with E-state index in [-0.39, 0.29) is 11.3 Å². The first-order chi connectivity index (χ1) is 14.8. The van der Waals surface area contributed by atoms with Crippen molar-refractivity contribution in [3.63, 3.8) is 0 Å². The second-order valence-electron chi connectivity index (χ2n) is 7.34. The van der Waals surface area contributed by atoms with Gasteiger partial charge in [-0.1, -0.05) is 19.1 Å². The zero-order valence-electron chi connectivity index (χ0n) is 18.0. The summed E-state index contributed by atoms with van der Waals surface area (Å²) in [6.45, 7) is 5.37. The first kappa shape index (κ1) is 22.1. The summed E-state index contributed by atoms with van der Waals surface area (Å²) >= 11 is 0. The number of nitrogens with zero attached hydrogens (tertiary/aromatic N) is 1. The standard InChI is InChI=1S/C24H25NO6/c1-5-12-25-21(16-6-8-17(9-7-16)31-15(3)26)20(23(28)24(25)29)22(27)19-11-10-18(30-4)13-14(19)2/h6-11,13,21,27H,5,12H2,1-4H3/b22-20-. The SMILES string of the molecule is CCCN1C(=O)C(=O)/C(=C(\O)c2ccc(OC)cc2C)C1c1ccc(OC(C)=O)cc1. The van der Waals surface area contributed by atoms with Crippen molar-refractivity contribution >= 4 is 23.4 Å². The van der Waals surface area contributed by atoms with Crippen LogP contribution in [-0.4, -0.2) is 41.3 Å². The summed E-state index contributed by atoms with van der Waals surface area (Å²) in [6.07, 6.45) is 0.649. The van der Waals surface area contributed by atoms with Crippen LogP contribution in [0.25, 0.3) is 5.76 Å². The third-order valence-electron chi connectivity index (χ3n) is 5.15. The van der Waals surface area contributed by atoms with Gasteiger partial charge in [-0.25, -0.2) is 0 Å². The Morgan fingerprint density at radius 2 is 1.74 bits per heavy atom. The second-order valence-corrected chi connectivity index (χ2v) is 7.34. The van der Waals surface area contributed by atoms with E-state index in [1.807, 2.05) is 6.92 Å². The minimum absolute atomic E-state index is 0.0342. The molecule has 0 aliphatic carbocycles. The molecule has 2 aromatic rings. The van der Waals surface area contributed by atoms with Gasteiger partial charge in [-0.15, -0.1) is 0 Å². The molecule has 1 saturated heterocycles. The molecule has 0 spiro atoms. The van der Waals surface area contributed by atoms with E-state index in [0.717, 1.165) is 0 Å². The molecule has 1 unspecified atom stereocenters. The summed E-state index contributed by atoms with van der Waals surface area (Å²) < 4.78 is 10.3. The molecule has 0 radical (unpaired) electrons. The van der Waals surface area contributed by atoms with Gasteiger partial charge >= 0.3 is 5.97 Å². The fourth-order valence-corrected chi connectivity index (χ4v) is 3.76. The number of benzene rings is 2. The van der Waals surface area contributed by atoms with E-state index in [1.54, 1.807) is 56.5 Å². The largest absolute Gasteiger partial charge is 0.507 e. The Kier molecular flexibility index (Phi) is 6.44. The van der Waals surface area contributed by atoms with Gasteiger partial charge in [-0.3, -0.25) is 14.4 Å². The number of hydrogen-bond donors (Lipinski definition) is 1. The van der Waals surface area contributed by atoms with Crippen molar-refractivity contribution in [2.45, 2.75) is 33.2 Å². The van der Waals surface area contributed by atoms with Gasteiger partial charge in [-0.05, 0) is 54.8 Å². The molecule has 1 aliphatic heterocycles. The van der Waals surface area contributed by atoms with Crippen molar-refractivity contribution in [2.75, 3.05) is 13.7 Å². The molecule has 1 aliphatic rings. The number of likely N-dealkylation sites (tertiary alicyclic amines) is 1. The van der Waals surface area contributed by atoms with Crippen LogP contribution in [0.2, 0.25) is 0 Å². The van der Waals surface area contributed by atoms with Gasteiger partial charge in [0.1, 0.15) is 17.3 Å². The molecule has 1 fully saturated rings. The predicted molar refractivity (Wildman–Crippen MR) is 115 cm³/mol. The van der Waals surface area contributed by atoms with Crippen molar-refractivity contribution in [2.24, 2.45) is 0 Å². The number of amides is 1. The highest BCUT2D eigenvalue weighted by molar-refractivity contribution is 6.46. The number of Topliss-reactive ketones (excluding diaryl/α,β-unsaturated/α-hetero) is 1. The van der Waals surface area contributed by atoms with Crippen LogP contribution in [-0.2, 0) is 14.4 Å².